The molecule has 1 aliphatic carbocycles. The number of carboxylic acid groups (broad SMARTS) is 1. The molecule has 108 valence electrons. The van der Waals surface area contributed by atoms with Crippen LogP contribution in [0.2, 0.25) is 0 Å². The number of hydrogen-bond acceptors (Lipinski definition) is 2. The van der Waals surface area contributed by atoms with Crippen molar-refractivity contribution in [3.05, 3.63) is 35.4 Å². The van der Waals surface area contributed by atoms with Crippen molar-refractivity contribution in [1.29, 1.82) is 0 Å². The SMILES string of the molecule is CC[C@H](NC(=O)NC1CCCc2ccccc21)C(=O)O. The lowest BCUT2D eigenvalue weighted by molar-refractivity contribution is -0.139. The molecule has 0 radical (unpaired) electrons. The van der Waals surface area contributed by atoms with Crippen LogP contribution in [0, 0.1) is 0 Å². The van der Waals surface area contributed by atoms with E-state index in [1.54, 1.807) is 6.92 Å². The van der Waals surface area contributed by atoms with Crippen LogP contribution in [0.25, 0.3) is 0 Å². The fraction of sp³-hybridized carbons (Fsp3) is 0.467. The van der Waals surface area contributed by atoms with Crippen LogP contribution in [0.15, 0.2) is 24.3 Å². The summed E-state index contributed by atoms with van der Waals surface area (Å²) in [6.45, 7) is 1.73. The van der Waals surface area contributed by atoms with E-state index in [0.29, 0.717) is 6.42 Å². The van der Waals surface area contributed by atoms with Gasteiger partial charge in [0.25, 0.3) is 0 Å². The Balaban J connectivity index is 2.01. The second-order valence-corrected chi connectivity index (χ2v) is 5.06. The summed E-state index contributed by atoms with van der Waals surface area (Å²) in [4.78, 5) is 22.8. The molecule has 5 heteroatoms. The summed E-state index contributed by atoms with van der Waals surface area (Å²) in [5.41, 5.74) is 2.39. The molecule has 2 amide bonds. The van der Waals surface area contributed by atoms with E-state index >= 15 is 0 Å². The van der Waals surface area contributed by atoms with Crippen molar-refractivity contribution in [3.63, 3.8) is 0 Å². The van der Waals surface area contributed by atoms with Gasteiger partial charge in [-0.25, -0.2) is 9.59 Å². The maximum atomic E-state index is 11.9. The number of nitrogens with one attached hydrogen (secondary N) is 2. The molecule has 1 aromatic rings. The first-order valence-corrected chi connectivity index (χ1v) is 6.99. The van der Waals surface area contributed by atoms with Crippen LogP contribution in [0.1, 0.15) is 43.4 Å². The number of carboxylic acids is 1. The Hall–Kier alpha value is -2.04. The van der Waals surface area contributed by atoms with Gasteiger partial charge in [-0.3, -0.25) is 0 Å². The number of fused-ring (bicyclic) bond motifs is 1. The summed E-state index contributed by atoms with van der Waals surface area (Å²) in [6, 6.07) is 6.77. The molecule has 0 heterocycles. The average Bonchev–Trinajstić information content (AvgIpc) is 2.45. The number of urea groups is 1. The Bertz CT molecular complexity index is 502. The molecule has 0 fully saturated rings. The first-order valence-electron chi connectivity index (χ1n) is 6.99. The topological polar surface area (TPSA) is 78.4 Å². The first kappa shape index (κ1) is 14.4. The van der Waals surface area contributed by atoms with Crippen LogP contribution in [0.4, 0.5) is 4.79 Å². The van der Waals surface area contributed by atoms with E-state index in [-0.39, 0.29) is 6.04 Å². The van der Waals surface area contributed by atoms with E-state index in [0.717, 1.165) is 24.8 Å². The fourth-order valence-corrected chi connectivity index (χ4v) is 2.60. The molecular weight excluding hydrogens is 256 g/mol. The minimum atomic E-state index is -1.01. The van der Waals surface area contributed by atoms with Gasteiger partial charge in [-0.2, -0.15) is 0 Å². The summed E-state index contributed by atoms with van der Waals surface area (Å²) >= 11 is 0. The van der Waals surface area contributed by atoms with E-state index in [2.05, 4.69) is 16.7 Å². The number of carbonyl (C=O) groups excluding carboxylic acids is 1. The van der Waals surface area contributed by atoms with Crippen molar-refractivity contribution in [2.24, 2.45) is 0 Å². The summed E-state index contributed by atoms with van der Waals surface area (Å²) < 4.78 is 0. The molecule has 20 heavy (non-hydrogen) atoms. The number of hydrogen-bond donors (Lipinski definition) is 3. The van der Waals surface area contributed by atoms with E-state index in [1.165, 1.54) is 5.56 Å². The maximum Gasteiger partial charge on any atom is 0.326 e. The van der Waals surface area contributed by atoms with Gasteiger partial charge in [0.05, 0.1) is 6.04 Å². The molecular formula is C15H20N2O3. The lowest BCUT2D eigenvalue weighted by atomic mass is 9.88. The number of benzene rings is 1. The summed E-state index contributed by atoms with van der Waals surface area (Å²) in [7, 11) is 0. The molecule has 0 aromatic heterocycles. The van der Waals surface area contributed by atoms with Gasteiger partial charge in [-0.15, -0.1) is 0 Å². The van der Waals surface area contributed by atoms with Gasteiger partial charge in [-0.05, 0) is 36.8 Å². The number of carbonyl (C=O) groups is 2. The monoisotopic (exact) mass is 276 g/mol. The predicted octanol–water partition coefficient (Wildman–Crippen LogP) is 2.23. The normalized spacial score (nSPS) is 18.8. The Kier molecular flexibility index (Phi) is 4.61. The highest BCUT2D eigenvalue weighted by molar-refractivity contribution is 5.82. The molecule has 5 nitrogen and oxygen atoms in total. The summed E-state index contributed by atoms with van der Waals surface area (Å²) in [5.74, 6) is -1.01. The smallest absolute Gasteiger partial charge is 0.326 e. The van der Waals surface area contributed by atoms with E-state index in [4.69, 9.17) is 5.11 Å². The zero-order valence-corrected chi connectivity index (χ0v) is 11.6. The lowest BCUT2D eigenvalue weighted by Gasteiger charge is -2.27. The van der Waals surface area contributed by atoms with Crippen molar-refractivity contribution in [1.82, 2.24) is 10.6 Å². The highest BCUT2D eigenvalue weighted by atomic mass is 16.4. The Labute approximate surface area is 118 Å². The van der Waals surface area contributed by atoms with E-state index < -0.39 is 18.0 Å². The predicted molar refractivity (Wildman–Crippen MR) is 75.5 cm³/mol. The molecule has 0 spiro atoms. The molecule has 0 aliphatic heterocycles. The first-order chi connectivity index (χ1) is 9.61. The van der Waals surface area contributed by atoms with Crippen molar-refractivity contribution in [2.45, 2.75) is 44.7 Å². The highest BCUT2D eigenvalue weighted by Crippen LogP contribution is 2.29. The molecule has 1 aromatic carbocycles. The van der Waals surface area contributed by atoms with Gasteiger partial charge in [0.2, 0.25) is 0 Å². The molecule has 0 saturated heterocycles. The number of amides is 2. The Morgan fingerprint density at radius 3 is 2.85 bits per heavy atom. The van der Waals surface area contributed by atoms with Gasteiger partial charge in [-0.1, -0.05) is 31.2 Å². The standard InChI is InChI=1S/C15H20N2O3/c1-2-12(14(18)19)16-15(20)17-13-9-5-7-10-6-3-4-8-11(10)13/h3-4,6,8,12-13H,2,5,7,9H2,1H3,(H,18,19)(H2,16,17,20)/t12-,13?/m0/s1. The van der Waals surface area contributed by atoms with Crippen LogP contribution in [-0.4, -0.2) is 23.1 Å². The minimum absolute atomic E-state index is 0.0359. The number of aryl methyl sites for hydroxylation is 1. The molecule has 2 atom stereocenters. The molecule has 1 aliphatic rings. The van der Waals surface area contributed by atoms with Gasteiger partial charge in [0.1, 0.15) is 6.04 Å². The Morgan fingerprint density at radius 1 is 1.40 bits per heavy atom. The minimum Gasteiger partial charge on any atom is -0.480 e. The number of rotatable bonds is 4. The van der Waals surface area contributed by atoms with Crippen LogP contribution in [0.3, 0.4) is 0 Å². The Morgan fingerprint density at radius 2 is 2.15 bits per heavy atom. The number of aliphatic carboxylic acids is 1. The van der Waals surface area contributed by atoms with Gasteiger partial charge in [0, 0.05) is 0 Å². The van der Waals surface area contributed by atoms with Crippen molar-refractivity contribution in [3.8, 4) is 0 Å². The third-order valence-electron chi connectivity index (χ3n) is 3.69. The second-order valence-electron chi connectivity index (χ2n) is 5.06. The third-order valence-corrected chi connectivity index (χ3v) is 3.69. The largest absolute Gasteiger partial charge is 0.480 e. The average molecular weight is 276 g/mol. The second kappa shape index (κ2) is 6.41. The van der Waals surface area contributed by atoms with Gasteiger partial charge < -0.3 is 15.7 Å². The van der Waals surface area contributed by atoms with Crippen LogP contribution < -0.4 is 10.6 Å². The van der Waals surface area contributed by atoms with Crippen LogP contribution in [0.5, 0.6) is 0 Å². The summed E-state index contributed by atoms with van der Waals surface area (Å²) in [5, 5.41) is 14.3. The molecule has 0 bridgehead atoms. The quantitative estimate of drug-likeness (QED) is 0.789. The molecule has 1 unspecified atom stereocenters. The summed E-state index contributed by atoms with van der Waals surface area (Å²) in [6.07, 6.45) is 3.30. The van der Waals surface area contributed by atoms with Gasteiger partial charge in [0.15, 0.2) is 0 Å². The van der Waals surface area contributed by atoms with Crippen LogP contribution in [-0.2, 0) is 11.2 Å². The molecule has 2 rings (SSSR count). The zero-order valence-electron chi connectivity index (χ0n) is 11.6. The highest BCUT2D eigenvalue weighted by Gasteiger charge is 2.23. The molecule has 0 saturated carbocycles. The zero-order chi connectivity index (χ0) is 14.5. The third kappa shape index (κ3) is 3.29. The van der Waals surface area contributed by atoms with E-state index in [9.17, 15) is 9.59 Å². The van der Waals surface area contributed by atoms with Gasteiger partial charge >= 0.3 is 12.0 Å². The van der Waals surface area contributed by atoms with E-state index in [1.807, 2.05) is 18.2 Å². The fourth-order valence-electron chi connectivity index (χ4n) is 2.60. The van der Waals surface area contributed by atoms with Crippen molar-refractivity contribution < 1.29 is 14.7 Å². The van der Waals surface area contributed by atoms with Crippen LogP contribution >= 0.6 is 0 Å². The maximum absolute atomic E-state index is 11.9. The van der Waals surface area contributed by atoms with Crippen molar-refractivity contribution in [2.75, 3.05) is 0 Å². The van der Waals surface area contributed by atoms with Crippen molar-refractivity contribution >= 4 is 12.0 Å². The lowest BCUT2D eigenvalue weighted by Crippen LogP contribution is -2.47. The molecule has 3 N–H and O–H groups in total.